The van der Waals surface area contributed by atoms with Gasteiger partial charge in [-0.25, -0.2) is 17.2 Å². The molecular formula is C16H18F2N2O2S2. The normalized spacial score (nSPS) is 16.5. The molecule has 0 atom stereocenters. The first kappa shape index (κ1) is 17.3. The summed E-state index contributed by atoms with van der Waals surface area (Å²) in [6.07, 6.45) is 0.792. The number of hydrogen-bond acceptors (Lipinski definition) is 4. The Morgan fingerprint density at radius 1 is 1.04 bits per heavy atom. The van der Waals surface area contributed by atoms with Crippen molar-refractivity contribution in [3.05, 3.63) is 46.8 Å². The van der Waals surface area contributed by atoms with Crippen LogP contribution >= 0.6 is 11.3 Å². The average Bonchev–Trinajstić information content (AvgIpc) is 3.05. The molecule has 1 fully saturated rings. The Kier molecular flexibility index (Phi) is 4.89. The number of aryl methyl sites for hydroxylation is 1. The number of rotatable bonds is 4. The molecule has 0 amide bonds. The number of thiophene rings is 1. The molecule has 0 bridgehead atoms. The van der Waals surface area contributed by atoms with Crippen LogP contribution in [0.5, 0.6) is 0 Å². The smallest absolute Gasteiger partial charge is 0.252 e. The minimum absolute atomic E-state index is 0.0843. The third-order valence-corrected chi connectivity index (χ3v) is 7.67. The van der Waals surface area contributed by atoms with Crippen molar-refractivity contribution < 1.29 is 17.2 Å². The lowest BCUT2D eigenvalue weighted by molar-refractivity contribution is 0.382. The molecule has 0 radical (unpaired) electrons. The highest BCUT2D eigenvalue weighted by Gasteiger charge is 2.31. The van der Waals surface area contributed by atoms with Crippen molar-refractivity contribution in [2.75, 3.05) is 31.1 Å². The Bertz CT molecular complexity index is 808. The lowest BCUT2D eigenvalue weighted by Gasteiger charge is -2.35. The molecule has 0 N–H and O–H groups in total. The molecular weight excluding hydrogens is 354 g/mol. The molecule has 2 heterocycles. The Morgan fingerprint density at radius 2 is 1.67 bits per heavy atom. The number of piperazine rings is 1. The molecule has 0 unspecified atom stereocenters. The quantitative estimate of drug-likeness (QED) is 0.828. The number of sulfonamides is 1. The Balaban J connectivity index is 1.75. The number of hydrogen-bond donors (Lipinski definition) is 0. The van der Waals surface area contributed by atoms with E-state index in [0.29, 0.717) is 4.21 Å². The predicted octanol–water partition coefficient (Wildman–Crippen LogP) is 3.10. The fraction of sp³-hybridized carbons (Fsp3) is 0.375. The lowest BCUT2D eigenvalue weighted by atomic mass is 10.2. The zero-order valence-corrected chi connectivity index (χ0v) is 14.8. The van der Waals surface area contributed by atoms with E-state index in [1.807, 2.05) is 13.0 Å². The van der Waals surface area contributed by atoms with Crippen LogP contribution in [0.15, 0.2) is 34.5 Å². The van der Waals surface area contributed by atoms with Gasteiger partial charge in [0.2, 0.25) is 0 Å². The van der Waals surface area contributed by atoms with Crippen molar-refractivity contribution in [1.29, 1.82) is 0 Å². The van der Waals surface area contributed by atoms with Crippen LogP contribution in [-0.2, 0) is 16.4 Å². The summed E-state index contributed by atoms with van der Waals surface area (Å²) in [6, 6.07) is 7.18. The van der Waals surface area contributed by atoms with E-state index in [0.717, 1.165) is 11.3 Å². The summed E-state index contributed by atoms with van der Waals surface area (Å²) < 4.78 is 54.8. The Labute approximate surface area is 144 Å². The standard InChI is InChI=1S/C16H18F2N2O2S2/c1-2-12-6-7-15(23-12)24(21,22)20-10-8-19(9-11-20)16-13(17)4-3-5-14(16)18/h3-7H,2,8-11H2,1H3. The topological polar surface area (TPSA) is 40.6 Å². The van der Waals surface area contributed by atoms with Crippen molar-refractivity contribution in [2.45, 2.75) is 17.6 Å². The molecule has 130 valence electrons. The average molecular weight is 372 g/mol. The molecule has 1 aromatic heterocycles. The summed E-state index contributed by atoms with van der Waals surface area (Å²) in [6.45, 7) is 2.89. The van der Waals surface area contributed by atoms with E-state index in [1.165, 1.54) is 33.8 Å². The van der Waals surface area contributed by atoms with Gasteiger partial charge in [-0.15, -0.1) is 11.3 Å². The van der Waals surface area contributed by atoms with Gasteiger partial charge in [-0.3, -0.25) is 0 Å². The maximum Gasteiger partial charge on any atom is 0.252 e. The largest absolute Gasteiger partial charge is 0.364 e. The van der Waals surface area contributed by atoms with E-state index >= 15 is 0 Å². The van der Waals surface area contributed by atoms with Crippen molar-refractivity contribution >= 4 is 27.0 Å². The predicted molar refractivity (Wildman–Crippen MR) is 91.0 cm³/mol. The molecule has 0 spiro atoms. The highest BCUT2D eigenvalue weighted by atomic mass is 32.2. The Morgan fingerprint density at radius 3 is 2.21 bits per heavy atom. The van der Waals surface area contributed by atoms with E-state index < -0.39 is 21.7 Å². The van der Waals surface area contributed by atoms with Crippen LogP contribution in [0, 0.1) is 11.6 Å². The zero-order valence-electron chi connectivity index (χ0n) is 13.2. The van der Waals surface area contributed by atoms with Gasteiger partial charge in [0.05, 0.1) is 0 Å². The van der Waals surface area contributed by atoms with Gasteiger partial charge < -0.3 is 4.90 Å². The minimum atomic E-state index is -3.54. The molecule has 3 rings (SSSR count). The highest BCUT2D eigenvalue weighted by Crippen LogP contribution is 2.28. The molecule has 24 heavy (non-hydrogen) atoms. The second-order valence-electron chi connectivity index (χ2n) is 5.54. The van der Waals surface area contributed by atoms with E-state index in [1.54, 1.807) is 11.0 Å². The van der Waals surface area contributed by atoms with E-state index in [4.69, 9.17) is 0 Å². The van der Waals surface area contributed by atoms with Crippen LogP contribution in [0.3, 0.4) is 0 Å². The van der Waals surface area contributed by atoms with Gasteiger partial charge in [-0.2, -0.15) is 4.31 Å². The van der Waals surface area contributed by atoms with Gasteiger partial charge in [0, 0.05) is 31.1 Å². The lowest BCUT2D eigenvalue weighted by Crippen LogP contribution is -2.49. The summed E-state index contributed by atoms with van der Waals surface area (Å²) in [4.78, 5) is 2.57. The summed E-state index contributed by atoms with van der Waals surface area (Å²) in [5.74, 6) is -1.26. The first-order valence-electron chi connectivity index (χ1n) is 7.71. The summed E-state index contributed by atoms with van der Waals surface area (Å²) in [5, 5.41) is 0. The second kappa shape index (κ2) is 6.78. The molecule has 0 saturated carbocycles. The monoisotopic (exact) mass is 372 g/mol. The molecule has 4 nitrogen and oxygen atoms in total. The van der Waals surface area contributed by atoms with Gasteiger partial charge in [-0.05, 0) is 30.7 Å². The first-order valence-corrected chi connectivity index (χ1v) is 9.97. The zero-order chi connectivity index (χ0) is 17.3. The fourth-order valence-electron chi connectivity index (χ4n) is 2.76. The van der Waals surface area contributed by atoms with Gasteiger partial charge in [0.1, 0.15) is 21.5 Å². The highest BCUT2D eigenvalue weighted by molar-refractivity contribution is 7.91. The number of benzene rings is 1. The Hall–Kier alpha value is -1.51. The summed E-state index contributed by atoms with van der Waals surface area (Å²) in [7, 11) is -3.54. The van der Waals surface area contributed by atoms with E-state index in [2.05, 4.69) is 0 Å². The summed E-state index contributed by atoms with van der Waals surface area (Å²) >= 11 is 1.27. The molecule has 1 aromatic carbocycles. The third kappa shape index (κ3) is 3.18. The van der Waals surface area contributed by atoms with E-state index in [-0.39, 0.29) is 31.9 Å². The van der Waals surface area contributed by atoms with E-state index in [9.17, 15) is 17.2 Å². The van der Waals surface area contributed by atoms with Crippen LogP contribution in [-0.4, -0.2) is 38.9 Å². The van der Waals surface area contributed by atoms with Crippen molar-refractivity contribution in [2.24, 2.45) is 0 Å². The number of halogens is 2. The number of anilines is 1. The number of nitrogens with zero attached hydrogens (tertiary/aromatic N) is 2. The van der Waals surface area contributed by atoms with Crippen LogP contribution in [0.25, 0.3) is 0 Å². The third-order valence-electron chi connectivity index (χ3n) is 4.07. The van der Waals surface area contributed by atoms with Gasteiger partial charge in [0.15, 0.2) is 0 Å². The van der Waals surface area contributed by atoms with Crippen molar-refractivity contribution in [1.82, 2.24) is 4.31 Å². The molecule has 1 aliphatic rings. The maximum absolute atomic E-state index is 13.9. The molecule has 2 aromatic rings. The maximum atomic E-state index is 13.9. The fourth-order valence-corrected chi connectivity index (χ4v) is 5.63. The number of para-hydroxylation sites is 1. The molecule has 0 aliphatic carbocycles. The van der Waals surface area contributed by atoms with Gasteiger partial charge in [-0.1, -0.05) is 13.0 Å². The molecule has 1 aliphatic heterocycles. The van der Waals surface area contributed by atoms with Gasteiger partial charge in [0.25, 0.3) is 10.0 Å². The second-order valence-corrected chi connectivity index (χ2v) is 8.87. The van der Waals surface area contributed by atoms with Crippen LogP contribution in [0.2, 0.25) is 0 Å². The minimum Gasteiger partial charge on any atom is -0.364 e. The van der Waals surface area contributed by atoms with Crippen LogP contribution < -0.4 is 4.90 Å². The van der Waals surface area contributed by atoms with Crippen molar-refractivity contribution in [3.63, 3.8) is 0 Å². The van der Waals surface area contributed by atoms with Crippen LogP contribution in [0.4, 0.5) is 14.5 Å². The van der Waals surface area contributed by atoms with Gasteiger partial charge >= 0.3 is 0 Å². The first-order chi connectivity index (χ1) is 11.4. The van der Waals surface area contributed by atoms with Crippen molar-refractivity contribution in [3.8, 4) is 0 Å². The summed E-state index contributed by atoms with van der Waals surface area (Å²) in [5.41, 5.74) is -0.0843. The SMILES string of the molecule is CCc1ccc(S(=O)(=O)N2CCN(c3c(F)cccc3F)CC2)s1. The van der Waals surface area contributed by atoms with Crippen LogP contribution in [0.1, 0.15) is 11.8 Å². The molecule has 8 heteroatoms. The molecule has 1 saturated heterocycles.